The van der Waals surface area contributed by atoms with Crippen LogP contribution < -0.4 is 4.90 Å². The van der Waals surface area contributed by atoms with Crippen LogP contribution in [0, 0.1) is 0 Å². The first-order chi connectivity index (χ1) is 13.6. The van der Waals surface area contributed by atoms with Crippen molar-refractivity contribution in [3.63, 3.8) is 0 Å². The second kappa shape index (κ2) is 6.63. The van der Waals surface area contributed by atoms with E-state index >= 15 is 0 Å². The van der Waals surface area contributed by atoms with Gasteiger partial charge in [0.2, 0.25) is 9.84 Å². The van der Waals surface area contributed by atoms with Gasteiger partial charge in [-0.1, -0.05) is 36.4 Å². The number of piperazine rings is 1. The summed E-state index contributed by atoms with van der Waals surface area (Å²) in [5, 5.41) is 1.05. The van der Waals surface area contributed by atoms with E-state index in [4.69, 9.17) is 0 Å². The summed E-state index contributed by atoms with van der Waals surface area (Å²) >= 11 is 0. The highest BCUT2D eigenvalue weighted by atomic mass is 32.2. The van der Waals surface area contributed by atoms with E-state index in [0.29, 0.717) is 0 Å². The van der Waals surface area contributed by atoms with E-state index < -0.39 is 9.84 Å². The lowest BCUT2D eigenvalue weighted by Gasteiger charge is -2.37. The van der Waals surface area contributed by atoms with Gasteiger partial charge in [0.05, 0.1) is 22.6 Å². The zero-order valence-electron chi connectivity index (χ0n) is 15.5. The van der Waals surface area contributed by atoms with Gasteiger partial charge in [0.15, 0.2) is 5.03 Å². The molecule has 28 heavy (non-hydrogen) atoms. The minimum absolute atomic E-state index is 0.0948. The molecule has 5 rings (SSSR count). The van der Waals surface area contributed by atoms with Crippen LogP contribution in [0.25, 0.3) is 10.9 Å². The molecule has 3 aromatic rings. The van der Waals surface area contributed by atoms with Gasteiger partial charge in [-0.3, -0.25) is 0 Å². The minimum Gasteiger partial charge on any atom is -0.372 e. The highest BCUT2D eigenvalue weighted by Crippen LogP contribution is 2.31. The Balaban J connectivity index is 1.59. The van der Waals surface area contributed by atoms with Crippen molar-refractivity contribution in [3.8, 4) is 0 Å². The normalized spacial score (nSPS) is 16.9. The molecule has 2 aromatic carbocycles. The number of para-hydroxylation sites is 1. The number of anilines is 1. The van der Waals surface area contributed by atoms with E-state index in [9.17, 15) is 8.42 Å². The average molecular weight is 391 g/mol. The molecule has 142 valence electrons. The van der Waals surface area contributed by atoms with Gasteiger partial charge in [-0.05, 0) is 36.8 Å². The number of sulfone groups is 1. The largest absolute Gasteiger partial charge is 0.372 e. The van der Waals surface area contributed by atoms with Crippen LogP contribution in [0.5, 0.6) is 0 Å². The summed E-state index contributed by atoms with van der Waals surface area (Å²) in [6, 6.07) is 18.0. The third-order valence-corrected chi connectivity index (χ3v) is 7.19. The predicted octanol–water partition coefficient (Wildman–Crippen LogP) is 3.48. The zero-order valence-corrected chi connectivity index (χ0v) is 16.3. The molecule has 3 heterocycles. The van der Waals surface area contributed by atoms with Crippen molar-refractivity contribution in [2.24, 2.45) is 0 Å². The van der Waals surface area contributed by atoms with Gasteiger partial charge in [0.25, 0.3) is 0 Å². The van der Waals surface area contributed by atoms with E-state index in [1.54, 1.807) is 30.3 Å². The van der Waals surface area contributed by atoms with Crippen LogP contribution in [0.1, 0.15) is 6.42 Å². The molecule has 0 amide bonds. The van der Waals surface area contributed by atoms with Crippen LogP contribution in [0.2, 0.25) is 0 Å². The maximum Gasteiger partial charge on any atom is 0.223 e. The Hall–Kier alpha value is -2.86. The molecule has 0 atom stereocenters. The molecule has 6 heteroatoms. The van der Waals surface area contributed by atoms with Gasteiger partial charge in [-0.15, -0.1) is 0 Å². The number of hydrogen-bond acceptors (Lipinski definition) is 5. The number of nitrogens with zero attached hydrogens (tertiary/aromatic N) is 3. The van der Waals surface area contributed by atoms with Gasteiger partial charge in [0.1, 0.15) is 0 Å². The van der Waals surface area contributed by atoms with Crippen LogP contribution in [0.3, 0.4) is 0 Å². The summed E-state index contributed by atoms with van der Waals surface area (Å²) in [5.74, 6) is 0. The molecule has 0 radical (unpaired) electrons. The molecule has 1 saturated heterocycles. The first-order valence-corrected chi connectivity index (χ1v) is 11.0. The van der Waals surface area contributed by atoms with Crippen molar-refractivity contribution in [1.82, 2.24) is 9.88 Å². The van der Waals surface area contributed by atoms with Gasteiger partial charge in [0, 0.05) is 30.7 Å². The van der Waals surface area contributed by atoms with E-state index in [1.807, 2.05) is 30.3 Å². The number of aromatic nitrogens is 1. The van der Waals surface area contributed by atoms with Crippen molar-refractivity contribution >= 4 is 26.4 Å². The summed E-state index contributed by atoms with van der Waals surface area (Å²) in [7, 11) is -3.64. The Labute approximate surface area is 164 Å². The van der Waals surface area contributed by atoms with E-state index in [1.165, 1.54) is 5.70 Å². The Morgan fingerprint density at radius 2 is 1.64 bits per heavy atom. The molecule has 1 aromatic heterocycles. The lowest BCUT2D eigenvalue weighted by atomic mass is 10.1. The molecule has 0 spiro atoms. The maximum atomic E-state index is 13.0. The standard InChI is InChI=1S/C22H21N3O2S/c26-28(27,19-8-2-1-3-9-19)21-12-11-17-6-4-10-20(22(17)23-21)25-15-14-24-13-5-7-18(24)16-25/h1-4,6-12H,5,13-16H2. The minimum atomic E-state index is -3.64. The van der Waals surface area contributed by atoms with E-state index in [2.05, 4.69) is 20.9 Å². The summed E-state index contributed by atoms with van der Waals surface area (Å²) in [6.07, 6.45) is 3.41. The molecule has 0 bridgehead atoms. The topological polar surface area (TPSA) is 53.5 Å². The fourth-order valence-electron chi connectivity index (χ4n) is 4.04. The molecular weight excluding hydrogens is 370 g/mol. The monoisotopic (exact) mass is 391 g/mol. The third-order valence-electron chi connectivity index (χ3n) is 5.52. The van der Waals surface area contributed by atoms with Crippen LogP contribution in [-0.2, 0) is 9.84 Å². The summed E-state index contributed by atoms with van der Waals surface area (Å²) in [6.45, 7) is 3.85. The quantitative estimate of drug-likeness (QED) is 0.684. The van der Waals surface area contributed by atoms with Crippen molar-refractivity contribution in [1.29, 1.82) is 0 Å². The zero-order chi connectivity index (χ0) is 19.1. The average Bonchev–Trinajstić information content (AvgIpc) is 3.21. The third kappa shape index (κ3) is 2.85. The maximum absolute atomic E-state index is 13.0. The van der Waals surface area contributed by atoms with Crippen molar-refractivity contribution in [2.45, 2.75) is 16.3 Å². The van der Waals surface area contributed by atoms with Gasteiger partial charge in [-0.25, -0.2) is 13.4 Å². The van der Waals surface area contributed by atoms with Crippen LogP contribution in [0.4, 0.5) is 5.69 Å². The Morgan fingerprint density at radius 1 is 0.821 bits per heavy atom. The first kappa shape index (κ1) is 17.3. The molecule has 2 aliphatic rings. The van der Waals surface area contributed by atoms with Crippen molar-refractivity contribution in [3.05, 3.63) is 72.4 Å². The second-order valence-corrected chi connectivity index (χ2v) is 9.10. The molecule has 0 aliphatic carbocycles. The highest BCUT2D eigenvalue weighted by molar-refractivity contribution is 7.91. The lowest BCUT2D eigenvalue weighted by Crippen LogP contribution is -2.43. The number of fused-ring (bicyclic) bond motifs is 2. The van der Waals surface area contributed by atoms with Gasteiger partial charge in [-0.2, -0.15) is 0 Å². The fourth-order valence-corrected chi connectivity index (χ4v) is 5.26. The van der Waals surface area contributed by atoms with Crippen LogP contribution in [-0.4, -0.2) is 44.5 Å². The molecule has 0 unspecified atom stereocenters. The van der Waals surface area contributed by atoms with Crippen LogP contribution in [0.15, 0.2) is 82.4 Å². The number of pyridine rings is 1. The number of benzene rings is 2. The molecule has 2 aliphatic heterocycles. The van der Waals surface area contributed by atoms with E-state index in [-0.39, 0.29) is 9.92 Å². The summed E-state index contributed by atoms with van der Waals surface area (Å²) in [5.41, 5.74) is 3.10. The first-order valence-electron chi connectivity index (χ1n) is 9.52. The molecule has 0 N–H and O–H groups in total. The molecule has 0 saturated carbocycles. The Kier molecular flexibility index (Phi) is 4.09. The molecule has 1 fully saturated rings. The smallest absolute Gasteiger partial charge is 0.223 e. The number of hydrogen-bond donors (Lipinski definition) is 0. The summed E-state index contributed by atoms with van der Waals surface area (Å²) < 4.78 is 26.0. The second-order valence-electron chi connectivity index (χ2n) is 7.21. The molecular formula is C22H21N3O2S. The van der Waals surface area contributed by atoms with E-state index in [0.717, 1.165) is 49.2 Å². The Morgan fingerprint density at radius 3 is 2.50 bits per heavy atom. The Bertz CT molecular complexity index is 1170. The van der Waals surface area contributed by atoms with Gasteiger partial charge >= 0.3 is 0 Å². The fraction of sp³-hybridized carbons (Fsp3) is 0.227. The lowest BCUT2D eigenvalue weighted by molar-refractivity contribution is 0.348. The number of rotatable bonds is 3. The van der Waals surface area contributed by atoms with Gasteiger partial charge < -0.3 is 9.80 Å². The summed E-state index contributed by atoms with van der Waals surface area (Å²) in [4.78, 5) is 9.63. The van der Waals surface area contributed by atoms with Crippen molar-refractivity contribution in [2.75, 3.05) is 31.1 Å². The molecule has 5 nitrogen and oxygen atoms in total. The van der Waals surface area contributed by atoms with Crippen LogP contribution >= 0.6 is 0 Å². The predicted molar refractivity (Wildman–Crippen MR) is 110 cm³/mol. The van der Waals surface area contributed by atoms with Crippen molar-refractivity contribution < 1.29 is 8.42 Å². The highest BCUT2D eigenvalue weighted by Gasteiger charge is 2.26. The SMILES string of the molecule is O=S(=O)(c1ccccc1)c1ccc2cccc(N3CCN4CCC=C4C3)c2n1.